The van der Waals surface area contributed by atoms with Crippen molar-refractivity contribution < 1.29 is 23.5 Å². The summed E-state index contributed by atoms with van der Waals surface area (Å²) in [5, 5.41) is 9.51. The Labute approximate surface area is 204 Å². The van der Waals surface area contributed by atoms with E-state index in [9.17, 15) is 19.2 Å². The van der Waals surface area contributed by atoms with Crippen LogP contribution in [-0.2, 0) is 20.8 Å². The van der Waals surface area contributed by atoms with Crippen molar-refractivity contribution in [3.8, 4) is 11.8 Å². The molecule has 0 atom stereocenters. The number of methoxy groups -OCH3 is 1. The van der Waals surface area contributed by atoms with Crippen LogP contribution in [0.25, 0.3) is 11.8 Å². The molecule has 0 amide bonds. The number of rotatable bonds is 9. The molecule has 3 rings (SSSR count). The molecule has 0 aliphatic carbocycles. The van der Waals surface area contributed by atoms with Gasteiger partial charge in [-0.15, -0.1) is 0 Å². The number of nitrogens with zero attached hydrogens (tertiary/aromatic N) is 3. The molecule has 0 N–H and O–H groups in total. The number of ketones is 1. The number of Topliss-reactive ketones (excluding diaryl/α,β-unsaturated/α-hetero) is 1. The van der Waals surface area contributed by atoms with E-state index in [-0.39, 0.29) is 5.57 Å². The molecule has 35 heavy (non-hydrogen) atoms. The highest BCUT2D eigenvalue weighted by Crippen LogP contribution is 2.23. The van der Waals surface area contributed by atoms with Gasteiger partial charge in [-0.05, 0) is 63.6 Å². The van der Waals surface area contributed by atoms with E-state index >= 15 is 0 Å². The van der Waals surface area contributed by atoms with Crippen molar-refractivity contribution in [3.05, 3.63) is 81.7 Å². The maximum Gasteiger partial charge on any atom is 0.349 e. The molecule has 0 unspecified atom stereocenters. The summed E-state index contributed by atoms with van der Waals surface area (Å²) in [6.45, 7) is 7.94. The number of nitriles is 1. The van der Waals surface area contributed by atoms with Gasteiger partial charge in [0.1, 0.15) is 17.5 Å². The van der Waals surface area contributed by atoms with Crippen molar-refractivity contribution in [2.24, 2.45) is 0 Å². The number of esters is 1. The second kappa shape index (κ2) is 11.0. The third-order valence-electron chi connectivity index (χ3n) is 5.93. The van der Waals surface area contributed by atoms with Gasteiger partial charge in [0, 0.05) is 42.0 Å². The molecule has 0 saturated carbocycles. The molecule has 3 aromatic rings. The van der Waals surface area contributed by atoms with E-state index in [0.717, 1.165) is 11.4 Å². The predicted molar refractivity (Wildman–Crippen MR) is 130 cm³/mol. The van der Waals surface area contributed by atoms with E-state index in [0.29, 0.717) is 41.4 Å². The van der Waals surface area contributed by atoms with Crippen LogP contribution >= 0.6 is 0 Å². The van der Waals surface area contributed by atoms with Gasteiger partial charge in [0.15, 0.2) is 6.61 Å². The van der Waals surface area contributed by atoms with Crippen LogP contribution in [0.5, 0.6) is 0 Å². The first-order valence-corrected chi connectivity index (χ1v) is 11.1. The molecule has 182 valence electrons. The summed E-state index contributed by atoms with van der Waals surface area (Å²) >= 11 is 0. The first-order chi connectivity index (χ1) is 16.7. The summed E-state index contributed by atoms with van der Waals surface area (Å²) in [6.07, 6.45) is 1.46. The van der Waals surface area contributed by atoms with Crippen molar-refractivity contribution in [1.29, 1.82) is 5.26 Å². The molecule has 0 radical (unpaired) electrons. The first kappa shape index (κ1) is 25.7. The third-order valence-corrected chi connectivity index (χ3v) is 5.93. The second-order valence-electron chi connectivity index (χ2n) is 8.21. The number of hydrogen-bond acceptors (Lipinski definition) is 5. The van der Waals surface area contributed by atoms with Gasteiger partial charge in [0.25, 0.3) is 0 Å². The summed E-state index contributed by atoms with van der Waals surface area (Å²) in [5.41, 5.74) is 4.22. The fourth-order valence-corrected chi connectivity index (χ4v) is 4.13. The fraction of sp³-hybridized carbons (Fsp3) is 0.296. The number of ether oxygens (including phenoxy) is 2. The Morgan fingerprint density at radius 2 is 1.80 bits per heavy atom. The van der Waals surface area contributed by atoms with Gasteiger partial charge < -0.3 is 18.6 Å². The quantitative estimate of drug-likeness (QED) is 0.194. The molecule has 7 nitrogen and oxygen atoms in total. The Morgan fingerprint density at radius 3 is 2.46 bits per heavy atom. The monoisotopic (exact) mass is 477 g/mol. The summed E-state index contributed by atoms with van der Waals surface area (Å²) in [5.74, 6) is -1.74. The van der Waals surface area contributed by atoms with Gasteiger partial charge in [-0.2, -0.15) is 5.26 Å². The topological polar surface area (TPSA) is 86.2 Å². The lowest BCUT2D eigenvalue weighted by molar-refractivity contribution is -0.137. The lowest BCUT2D eigenvalue weighted by Crippen LogP contribution is -2.16. The van der Waals surface area contributed by atoms with Crippen LogP contribution in [0.2, 0.25) is 0 Å². The number of aryl methyl sites for hydroxylation is 2. The normalized spacial score (nSPS) is 11.4. The number of carbonyl (C=O) groups is 2. The molecule has 2 heterocycles. The summed E-state index contributed by atoms with van der Waals surface area (Å²) < 4.78 is 28.3. The van der Waals surface area contributed by atoms with Crippen molar-refractivity contribution in [2.45, 2.75) is 34.2 Å². The average Bonchev–Trinajstić information content (AvgIpc) is 3.28. The number of benzene rings is 1. The minimum absolute atomic E-state index is 0.207. The Balaban J connectivity index is 1.76. The highest BCUT2D eigenvalue weighted by atomic mass is 19.1. The van der Waals surface area contributed by atoms with Gasteiger partial charge >= 0.3 is 5.97 Å². The van der Waals surface area contributed by atoms with Gasteiger partial charge in [0.2, 0.25) is 5.78 Å². The Morgan fingerprint density at radius 1 is 1.09 bits per heavy atom. The molecule has 2 aromatic heterocycles. The van der Waals surface area contributed by atoms with Crippen LogP contribution in [0.3, 0.4) is 0 Å². The highest BCUT2D eigenvalue weighted by molar-refractivity contribution is 6.02. The molecular weight excluding hydrogens is 449 g/mol. The fourth-order valence-electron chi connectivity index (χ4n) is 4.13. The zero-order valence-corrected chi connectivity index (χ0v) is 20.5. The molecule has 0 spiro atoms. The van der Waals surface area contributed by atoms with E-state index in [4.69, 9.17) is 9.47 Å². The largest absolute Gasteiger partial charge is 0.453 e. The zero-order chi connectivity index (χ0) is 25.7. The van der Waals surface area contributed by atoms with Crippen LogP contribution in [0.1, 0.15) is 38.7 Å². The van der Waals surface area contributed by atoms with Crippen molar-refractivity contribution >= 4 is 17.8 Å². The molecule has 0 fully saturated rings. The Kier molecular flexibility index (Phi) is 8.05. The van der Waals surface area contributed by atoms with Gasteiger partial charge in [0.05, 0.1) is 12.3 Å². The predicted octanol–water partition coefficient (Wildman–Crippen LogP) is 4.63. The van der Waals surface area contributed by atoms with Crippen LogP contribution in [0, 0.1) is 44.8 Å². The third kappa shape index (κ3) is 5.42. The van der Waals surface area contributed by atoms with E-state index in [1.807, 2.05) is 30.6 Å². The maximum absolute atomic E-state index is 14.3. The van der Waals surface area contributed by atoms with Gasteiger partial charge in [-0.3, -0.25) is 4.79 Å². The standard InChI is InChI=1S/C27H28FN3O4/c1-17-12-21(19(3)30(17)10-11-34-5)14-22(15-29)27(33)35-16-26(32)23-13-18(2)31(20(23)4)25-9-7-6-8-24(25)28/h6-9,12-14H,10-11,16H2,1-5H3/b22-14+. The van der Waals surface area contributed by atoms with Gasteiger partial charge in [-0.25, -0.2) is 9.18 Å². The zero-order valence-electron chi connectivity index (χ0n) is 20.5. The van der Waals surface area contributed by atoms with Gasteiger partial charge in [-0.1, -0.05) is 12.1 Å². The highest BCUT2D eigenvalue weighted by Gasteiger charge is 2.21. The molecule has 8 heteroatoms. The number of halogens is 1. The van der Waals surface area contributed by atoms with Crippen LogP contribution < -0.4 is 0 Å². The molecular formula is C27H28FN3O4. The average molecular weight is 478 g/mol. The summed E-state index contributed by atoms with van der Waals surface area (Å²) in [7, 11) is 1.62. The maximum atomic E-state index is 14.3. The molecule has 1 aromatic carbocycles. The summed E-state index contributed by atoms with van der Waals surface area (Å²) in [6, 6.07) is 11.6. The lowest BCUT2D eigenvalue weighted by Gasteiger charge is -2.11. The number of carbonyl (C=O) groups excluding carboxylic acids is 2. The first-order valence-electron chi connectivity index (χ1n) is 11.1. The molecule has 0 aliphatic rings. The number of aromatic nitrogens is 2. The van der Waals surface area contributed by atoms with E-state index in [2.05, 4.69) is 0 Å². The van der Waals surface area contributed by atoms with Crippen LogP contribution in [-0.4, -0.2) is 41.2 Å². The molecule has 0 bridgehead atoms. The van der Waals surface area contributed by atoms with E-state index < -0.39 is 24.2 Å². The van der Waals surface area contributed by atoms with Crippen LogP contribution in [0.4, 0.5) is 4.39 Å². The van der Waals surface area contributed by atoms with Crippen molar-refractivity contribution in [3.63, 3.8) is 0 Å². The smallest absolute Gasteiger partial charge is 0.349 e. The van der Waals surface area contributed by atoms with Crippen molar-refractivity contribution in [2.75, 3.05) is 20.3 Å². The van der Waals surface area contributed by atoms with Crippen molar-refractivity contribution in [1.82, 2.24) is 9.13 Å². The Hall–Kier alpha value is -3.96. The second-order valence-corrected chi connectivity index (χ2v) is 8.21. The van der Waals surface area contributed by atoms with E-state index in [1.54, 1.807) is 49.8 Å². The lowest BCUT2D eigenvalue weighted by atomic mass is 10.1. The Bertz CT molecular complexity index is 1340. The molecule has 0 aliphatic heterocycles. The number of hydrogen-bond donors (Lipinski definition) is 0. The summed E-state index contributed by atoms with van der Waals surface area (Å²) in [4.78, 5) is 25.4. The minimum Gasteiger partial charge on any atom is -0.453 e. The van der Waals surface area contributed by atoms with Crippen LogP contribution in [0.15, 0.2) is 42.0 Å². The molecule has 0 saturated heterocycles. The van der Waals surface area contributed by atoms with E-state index in [1.165, 1.54) is 12.1 Å². The minimum atomic E-state index is -0.884. The SMILES string of the molecule is COCCn1c(C)cc(/C=C(\C#N)C(=O)OCC(=O)c2cc(C)n(-c3ccccc3F)c2C)c1C. The number of para-hydroxylation sites is 1.